The lowest BCUT2D eigenvalue weighted by atomic mass is 9.93. The second-order valence-corrected chi connectivity index (χ2v) is 11.9. The fourth-order valence-corrected chi connectivity index (χ4v) is 6.30. The van der Waals surface area contributed by atoms with Crippen LogP contribution in [0.5, 0.6) is 5.88 Å². The molecule has 2 saturated carbocycles. The van der Waals surface area contributed by atoms with Crippen molar-refractivity contribution in [3.63, 3.8) is 0 Å². The fourth-order valence-electron chi connectivity index (χ4n) is 5.00. The van der Waals surface area contributed by atoms with Gasteiger partial charge in [-0.15, -0.1) is 0 Å². The molecule has 37 heavy (non-hydrogen) atoms. The van der Waals surface area contributed by atoms with E-state index in [1.807, 2.05) is 18.6 Å². The van der Waals surface area contributed by atoms with Crippen LogP contribution in [0.3, 0.4) is 0 Å². The van der Waals surface area contributed by atoms with Gasteiger partial charge >= 0.3 is 0 Å². The van der Waals surface area contributed by atoms with E-state index in [4.69, 9.17) is 14.5 Å². The highest BCUT2D eigenvalue weighted by molar-refractivity contribution is 7.91. The first-order chi connectivity index (χ1) is 18.0. The Morgan fingerprint density at radius 2 is 1.86 bits per heavy atom. The predicted molar refractivity (Wildman–Crippen MR) is 136 cm³/mol. The van der Waals surface area contributed by atoms with Gasteiger partial charge in [0.25, 0.3) is 5.91 Å². The molecule has 2 aliphatic carbocycles. The Bertz CT molecular complexity index is 1380. The SMILES string of the molecule is O=C(NS(=O)(=O)C1CC1)c1cnc2cc(N3CCOCC3)nc(OC3CCC(n4ccnc4)CC3)c2c1. The molecule has 1 saturated heterocycles. The van der Waals surface area contributed by atoms with Gasteiger partial charge in [-0.25, -0.2) is 18.1 Å². The first-order valence-electron chi connectivity index (χ1n) is 12.8. The number of rotatable bonds is 7. The molecule has 0 atom stereocenters. The smallest absolute Gasteiger partial charge is 0.266 e. The Morgan fingerprint density at radius 3 is 2.57 bits per heavy atom. The molecule has 6 rings (SSSR count). The lowest BCUT2D eigenvalue weighted by molar-refractivity contribution is 0.0981. The number of aromatic nitrogens is 4. The predicted octanol–water partition coefficient (Wildman–Crippen LogP) is 2.45. The van der Waals surface area contributed by atoms with Crippen LogP contribution in [0.25, 0.3) is 10.9 Å². The molecule has 4 heterocycles. The molecule has 3 fully saturated rings. The molecule has 0 spiro atoms. The second kappa shape index (κ2) is 9.90. The van der Waals surface area contributed by atoms with Gasteiger partial charge in [-0.1, -0.05) is 0 Å². The molecule has 12 heteroatoms. The quantitative estimate of drug-likeness (QED) is 0.494. The molecule has 3 aromatic rings. The third-order valence-electron chi connectivity index (χ3n) is 7.29. The summed E-state index contributed by atoms with van der Waals surface area (Å²) in [6.45, 7) is 2.67. The number of sulfonamides is 1. The van der Waals surface area contributed by atoms with Crippen LogP contribution in [0.15, 0.2) is 37.1 Å². The average molecular weight is 527 g/mol. The summed E-state index contributed by atoms with van der Waals surface area (Å²) in [6, 6.07) is 3.91. The molecule has 0 radical (unpaired) electrons. The third-order valence-corrected chi connectivity index (χ3v) is 9.11. The molecule has 1 N–H and O–H groups in total. The van der Waals surface area contributed by atoms with Gasteiger partial charge in [0.2, 0.25) is 15.9 Å². The normalized spacial score (nSPS) is 22.6. The van der Waals surface area contributed by atoms with Crippen molar-refractivity contribution in [2.24, 2.45) is 0 Å². The molecule has 3 aliphatic rings. The van der Waals surface area contributed by atoms with E-state index in [-0.39, 0.29) is 11.7 Å². The Hall–Kier alpha value is -3.25. The van der Waals surface area contributed by atoms with E-state index in [1.54, 1.807) is 12.3 Å². The maximum atomic E-state index is 12.8. The first-order valence-corrected chi connectivity index (χ1v) is 14.3. The van der Waals surface area contributed by atoms with E-state index in [1.165, 1.54) is 6.20 Å². The van der Waals surface area contributed by atoms with Crippen molar-refractivity contribution in [1.29, 1.82) is 0 Å². The number of carbonyl (C=O) groups is 1. The van der Waals surface area contributed by atoms with Crippen molar-refractivity contribution >= 4 is 32.7 Å². The molecule has 0 aromatic carbocycles. The summed E-state index contributed by atoms with van der Waals surface area (Å²) in [5, 5.41) is 0.101. The Morgan fingerprint density at radius 1 is 1.08 bits per heavy atom. The molecule has 196 valence electrons. The van der Waals surface area contributed by atoms with E-state index >= 15 is 0 Å². The number of fused-ring (bicyclic) bond motifs is 1. The summed E-state index contributed by atoms with van der Waals surface area (Å²) in [7, 11) is -3.66. The standard InChI is InChI=1S/C25H30N6O5S/c32-24(29-37(33,34)20-5-6-20)17-13-21-22(27-15-17)14-23(30-9-11-35-12-10-30)28-25(21)36-19-3-1-18(2-4-19)31-8-7-26-16-31/h7-8,13-16,18-20H,1-6,9-12H2,(H,29,32). The minimum absolute atomic E-state index is 0.0249. The minimum Gasteiger partial charge on any atom is -0.474 e. The topological polar surface area (TPSA) is 129 Å². The van der Waals surface area contributed by atoms with E-state index in [2.05, 4.69) is 24.2 Å². The Labute approximate surface area is 215 Å². The van der Waals surface area contributed by atoms with Crippen molar-refractivity contribution in [2.75, 3.05) is 31.2 Å². The number of nitrogens with zero attached hydrogens (tertiary/aromatic N) is 5. The highest BCUT2D eigenvalue weighted by Crippen LogP contribution is 2.34. The highest BCUT2D eigenvalue weighted by Gasteiger charge is 2.37. The maximum Gasteiger partial charge on any atom is 0.266 e. The summed E-state index contributed by atoms with van der Waals surface area (Å²) in [4.78, 5) is 28.4. The van der Waals surface area contributed by atoms with E-state index in [0.29, 0.717) is 62.0 Å². The van der Waals surface area contributed by atoms with E-state index in [9.17, 15) is 13.2 Å². The van der Waals surface area contributed by atoms with Gasteiger partial charge in [0.05, 0.1) is 41.3 Å². The lowest BCUT2D eigenvalue weighted by Crippen LogP contribution is -2.37. The first kappa shape index (κ1) is 24.1. The Balaban J connectivity index is 1.28. The number of imidazole rings is 1. The molecule has 0 bridgehead atoms. The average Bonchev–Trinajstić information content (AvgIpc) is 3.65. The van der Waals surface area contributed by atoms with Crippen LogP contribution >= 0.6 is 0 Å². The van der Waals surface area contributed by atoms with Crippen LogP contribution in [0.2, 0.25) is 0 Å². The van der Waals surface area contributed by atoms with Gasteiger partial charge in [-0.3, -0.25) is 9.78 Å². The number of nitrogens with one attached hydrogen (secondary N) is 1. The zero-order chi connectivity index (χ0) is 25.4. The molecule has 1 aliphatic heterocycles. The Kier molecular flexibility index (Phi) is 6.45. The molecular weight excluding hydrogens is 496 g/mol. The lowest BCUT2D eigenvalue weighted by Gasteiger charge is -2.31. The highest BCUT2D eigenvalue weighted by atomic mass is 32.2. The zero-order valence-corrected chi connectivity index (χ0v) is 21.3. The summed E-state index contributed by atoms with van der Waals surface area (Å²) in [6.07, 6.45) is 11.8. The van der Waals surface area contributed by atoms with Crippen molar-refractivity contribution in [2.45, 2.75) is 55.9 Å². The van der Waals surface area contributed by atoms with Crippen LogP contribution in [0.4, 0.5) is 5.82 Å². The van der Waals surface area contributed by atoms with Crippen LogP contribution in [0.1, 0.15) is 54.9 Å². The number of carbonyl (C=O) groups excluding carboxylic acids is 1. The fraction of sp³-hybridized carbons (Fsp3) is 0.520. The van der Waals surface area contributed by atoms with Crippen LogP contribution in [-0.2, 0) is 14.8 Å². The number of anilines is 1. The van der Waals surface area contributed by atoms with Crippen molar-refractivity contribution < 1.29 is 22.7 Å². The number of ether oxygens (including phenoxy) is 2. The minimum atomic E-state index is -3.66. The molecule has 0 unspecified atom stereocenters. The van der Waals surface area contributed by atoms with Crippen molar-refractivity contribution in [3.8, 4) is 5.88 Å². The maximum absolute atomic E-state index is 12.8. The van der Waals surface area contributed by atoms with Crippen LogP contribution in [-0.4, -0.2) is 71.5 Å². The largest absolute Gasteiger partial charge is 0.474 e. The van der Waals surface area contributed by atoms with E-state index in [0.717, 1.165) is 31.5 Å². The number of hydrogen-bond acceptors (Lipinski definition) is 9. The second-order valence-electron chi connectivity index (χ2n) is 9.91. The van der Waals surface area contributed by atoms with Gasteiger partial charge in [-0.2, -0.15) is 4.98 Å². The number of morpholine rings is 1. The third kappa shape index (κ3) is 5.26. The van der Waals surface area contributed by atoms with Gasteiger partial charge in [0, 0.05) is 43.8 Å². The summed E-state index contributed by atoms with van der Waals surface area (Å²) < 4.78 is 40.9. The number of amides is 1. The summed E-state index contributed by atoms with van der Waals surface area (Å²) in [5.74, 6) is 0.474. The van der Waals surface area contributed by atoms with Crippen LogP contribution in [0, 0.1) is 0 Å². The number of hydrogen-bond donors (Lipinski definition) is 1. The molecular formula is C25H30N6O5S. The van der Waals surface area contributed by atoms with Crippen molar-refractivity contribution in [3.05, 3.63) is 42.6 Å². The van der Waals surface area contributed by atoms with Crippen molar-refractivity contribution in [1.82, 2.24) is 24.2 Å². The zero-order valence-electron chi connectivity index (χ0n) is 20.5. The van der Waals surface area contributed by atoms with Crippen LogP contribution < -0.4 is 14.4 Å². The monoisotopic (exact) mass is 526 g/mol. The van der Waals surface area contributed by atoms with Gasteiger partial charge in [-0.05, 0) is 44.6 Å². The summed E-state index contributed by atoms with van der Waals surface area (Å²) in [5.41, 5.74) is 0.798. The number of pyridine rings is 2. The molecule has 11 nitrogen and oxygen atoms in total. The van der Waals surface area contributed by atoms with Gasteiger partial charge in [0.15, 0.2) is 0 Å². The molecule has 3 aromatic heterocycles. The van der Waals surface area contributed by atoms with Gasteiger partial charge < -0.3 is 18.9 Å². The van der Waals surface area contributed by atoms with E-state index < -0.39 is 21.2 Å². The molecule has 1 amide bonds. The van der Waals surface area contributed by atoms with Gasteiger partial charge in [0.1, 0.15) is 11.9 Å². The summed E-state index contributed by atoms with van der Waals surface area (Å²) >= 11 is 0.